The molecule has 4 nitrogen and oxygen atoms in total. The first kappa shape index (κ1) is 12.4. The summed E-state index contributed by atoms with van der Waals surface area (Å²) in [4.78, 5) is 12.2. The van der Waals surface area contributed by atoms with E-state index in [1.165, 1.54) is 0 Å². The highest BCUT2D eigenvalue weighted by Crippen LogP contribution is 2.31. The van der Waals surface area contributed by atoms with Crippen molar-refractivity contribution in [3.05, 3.63) is 44.8 Å². The van der Waals surface area contributed by atoms with Crippen LogP contribution in [0.4, 0.5) is 0 Å². The number of ether oxygens (including phenoxy) is 1. The third-order valence-electron chi connectivity index (χ3n) is 3.77. The predicted octanol–water partition coefficient (Wildman–Crippen LogP) is 2.19. The van der Waals surface area contributed by atoms with E-state index in [9.17, 15) is 9.90 Å². The van der Waals surface area contributed by atoms with E-state index in [-0.39, 0.29) is 12.0 Å². The van der Waals surface area contributed by atoms with Crippen molar-refractivity contribution >= 4 is 11.0 Å². The van der Waals surface area contributed by atoms with Crippen molar-refractivity contribution in [2.45, 2.75) is 39.6 Å². The van der Waals surface area contributed by atoms with Crippen molar-refractivity contribution in [2.75, 3.05) is 0 Å². The van der Waals surface area contributed by atoms with Gasteiger partial charge < -0.3 is 14.3 Å². The van der Waals surface area contributed by atoms with Gasteiger partial charge in [-0.15, -0.1) is 0 Å². The normalized spacial score (nSPS) is 22.5. The standard InChI is InChI=1S/C15H16O4/c1-8-9(2)19-14-11(13(8)16)5-4-10-6-15(3,17)18-7-12(10)14/h4-5,17H,6-7H2,1-3H3/t15-/m0/s1. The van der Waals surface area contributed by atoms with Crippen molar-refractivity contribution in [3.63, 3.8) is 0 Å². The van der Waals surface area contributed by atoms with Crippen LogP contribution < -0.4 is 5.43 Å². The summed E-state index contributed by atoms with van der Waals surface area (Å²) in [5, 5.41) is 10.5. The molecule has 4 heteroatoms. The smallest absolute Gasteiger partial charge is 0.195 e. The molecule has 100 valence electrons. The minimum atomic E-state index is -1.15. The molecule has 1 aromatic carbocycles. The zero-order valence-corrected chi connectivity index (χ0v) is 11.2. The van der Waals surface area contributed by atoms with Gasteiger partial charge in [-0.1, -0.05) is 6.07 Å². The number of hydrogen-bond acceptors (Lipinski definition) is 4. The topological polar surface area (TPSA) is 59.7 Å². The van der Waals surface area contributed by atoms with Gasteiger partial charge in [0.15, 0.2) is 11.2 Å². The molecule has 1 atom stereocenters. The highest BCUT2D eigenvalue weighted by atomic mass is 16.6. The lowest BCUT2D eigenvalue weighted by atomic mass is 9.95. The fourth-order valence-corrected chi connectivity index (χ4v) is 2.51. The van der Waals surface area contributed by atoms with Crippen LogP contribution in [0.15, 0.2) is 21.3 Å². The summed E-state index contributed by atoms with van der Waals surface area (Å²) < 4.78 is 11.2. The average Bonchev–Trinajstić information content (AvgIpc) is 2.34. The van der Waals surface area contributed by atoms with Crippen molar-refractivity contribution < 1.29 is 14.3 Å². The van der Waals surface area contributed by atoms with Gasteiger partial charge in [0.25, 0.3) is 0 Å². The molecule has 1 aliphatic rings. The van der Waals surface area contributed by atoms with Gasteiger partial charge >= 0.3 is 0 Å². The minimum Gasteiger partial charge on any atom is -0.460 e. The SMILES string of the molecule is Cc1oc2c3c(ccc2c(=O)c1C)C[C@@](C)(O)OC3. The van der Waals surface area contributed by atoms with E-state index >= 15 is 0 Å². The lowest BCUT2D eigenvalue weighted by Crippen LogP contribution is -2.35. The summed E-state index contributed by atoms with van der Waals surface area (Å²) in [7, 11) is 0. The largest absolute Gasteiger partial charge is 0.460 e. The van der Waals surface area contributed by atoms with E-state index < -0.39 is 5.79 Å². The zero-order chi connectivity index (χ0) is 13.8. The molecule has 1 aromatic heterocycles. The molecule has 0 amide bonds. The fraction of sp³-hybridized carbons (Fsp3) is 0.400. The molecule has 0 saturated carbocycles. The quantitative estimate of drug-likeness (QED) is 0.788. The van der Waals surface area contributed by atoms with Crippen LogP contribution in [0, 0.1) is 13.8 Å². The van der Waals surface area contributed by atoms with Crippen molar-refractivity contribution in [1.82, 2.24) is 0 Å². The Morgan fingerprint density at radius 1 is 1.32 bits per heavy atom. The highest BCUT2D eigenvalue weighted by molar-refractivity contribution is 5.81. The number of hydrogen-bond donors (Lipinski definition) is 1. The Kier molecular flexibility index (Phi) is 2.56. The molecule has 0 bridgehead atoms. The number of aryl methyl sites for hydroxylation is 1. The molecule has 3 rings (SSSR count). The summed E-state index contributed by atoms with van der Waals surface area (Å²) in [5.41, 5.74) is 3.05. The molecule has 0 unspecified atom stereocenters. The maximum Gasteiger partial charge on any atom is 0.195 e. The van der Waals surface area contributed by atoms with Crippen LogP contribution in [-0.2, 0) is 17.8 Å². The zero-order valence-electron chi connectivity index (χ0n) is 11.2. The Hall–Kier alpha value is -1.65. The van der Waals surface area contributed by atoms with Crippen molar-refractivity contribution in [3.8, 4) is 0 Å². The summed E-state index contributed by atoms with van der Waals surface area (Å²) >= 11 is 0. The second-order valence-electron chi connectivity index (χ2n) is 5.33. The van der Waals surface area contributed by atoms with Gasteiger partial charge in [-0.3, -0.25) is 4.79 Å². The molecule has 0 aliphatic carbocycles. The van der Waals surface area contributed by atoms with Crippen molar-refractivity contribution in [1.29, 1.82) is 0 Å². The fourth-order valence-electron chi connectivity index (χ4n) is 2.51. The number of aliphatic hydroxyl groups is 1. The van der Waals surface area contributed by atoms with Gasteiger partial charge in [-0.05, 0) is 32.4 Å². The van der Waals surface area contributed by atoms with E-state index in [0.29, 0.717) is 28.7 Å². The Morgan fingerprint density at radius 2 is 2.05 bits per heavy atom. The highest BCUT2D eigenvalue weighted by Gasteiger charge is 2.30. The summed E-state index contributed by atoms with van der Waals surface area (Å²) in [6.45, 7) is 5.44. The van der Waals surface area contributed by atoms with Crippen LogP contribution in [0.1, 0.15) is 29.4 Å². The molecule has 2 aromatic rings. The van der Waals surface area contributed by atoms with E-state index in [4.69, 9.17) is 9.15 Å². The minimum absolute atomic E-state index is 0.00103. The van der Waals surface area contributed by atoms with Gasteiger partial charge in [0.2, 0.25) is 0 Å². The van der Waals surface area contributed by atoms with E-state index in [1.807, 2.05) is 6.07 Å². The van der Waals surface area contributed by atoms with Crippen LogP contribution in [0.25, 0.3) is 11.0 Å². The monoisotopic (exact) mass is 260 g/mol. The van der Waals surface area contributed by atoms with Crippen molar-refractivity contribution in [2.24, 2.45) is 0 Å². The molecule has 19 heavy (non-hydrogen) atoms. The van der Waals surface area contributed by atoms with E-state index in [1.54, 1.807) is 26.8 Å². The third kappa shape index (κ3) is 1.88. The first-order valence-corrected chi connectivity index (χ1v) is 6.30. The van der Waals surface area contributed by atoms with Crippen LogP contribution in [0.2, 0.25) is 0 Å². The first-order valence-electron chi connectivity index (χ1n) is 6.30. The molecule has 0 saturated heterocycles. The van der Waals surface area contributed by atoms with Crippen LogP contribution >= 0.6 is 0 Å². The Bertz CT molecular complexity index is 725. The Balaban J connectivity index is 2.33. The second kappa shape index (κ2) is 3.92. The van der Waals surface area contributed by atoms with Crippen LogP contribution in [0.5, 0.6) is 0 Å². The molecular weight excluding hydrogens is 244 g/mol. The number of rotatable bonds is 0. The average molecular weight is 260 g/mol. The molecule has 0 fully saturated rings. The molecule has 1 N–H and O–H groups in total. The molecule has 0 spiro atoms. The van der Waals surface area contributed by atoms with Gasteiger partial charge in [-0.2, -0.15) is 0 Å². The lowest BCUT2D eigenvalue weighted by Gasteiger charge is -2.30. The Morgan fingerprint density at radius 3 is 2.79 bits per heavy atom. The molecule has 0 radical (unpaired) electrons. The van der Waals surface area contributed by atoms with E-state index in [2.05, 4.69) is 0 Å². The predicted molar refractivity (Wildman–Crippen MR) is 71.1 cm³/mol. The Labute approximate surface area is 110 Å². The van der Waals surface area contributed by atoms with Crippen LogP contribution in [0.3, 0.4) is 0 Å². The number of benzene rings is 1. The maximum atomic E-state index is 12.2. The van der Waals surface area contributed by atoms with E-state index in [0.717, 1.165) is 11.1 Å². The van der Waals surface area contributed by atoms with Gasteiger partial charge in [0, 0.05) is 17.5 Å². The first-order chi connectivity index (χ1) is 8.89. The summed E-state index contributed by atoms with van der Waals surface area (Å²) in [5.74, 6) is -0.524. The molecule has 2 heterocycles. The van der Waals surface area contributed by atoms with Gasteiger partial charge in [-0.25, -0.2) is 0 Å². The lowest BCUT2D eigenvalue weighted by molar-refractivity contribution is -0.203. The second-order valence-corrected chi connectivity index (χ2v) is 5.33. The molecule has 1 aliphatic heterocycles. The third-order valence-corrected chi connectivity index (χ3v) is 3.77. The number of fused-ring (bicyclic) bond motifs is 3. The maximum absolute atomic E-state index is 12.2. The summed E-state index contributed by atoms with van der Waals surface area (Å²) in [6.07, 6.45) is 0.398. The van der Waals surface area contributed by atoms with Gasteiger partial charge in [0.05, 0.1) is 12.0 Å². The summed E-state index contributed by atoms with van der Waals surface area (Å²) in [6, 6.07) is 3.65. The molecular formula is C15H16O4. The van der Waals surface area contributed by atoms with Gasteiger partial charge in [0.1, 0.15) is 11.3 Å². The van der Waals surface area contributed by atoms with Crippen LogP contribution in [-0.4, -0.2) is 10.9 Å².